The van der Waals surface area contributed by atoms with E-state index in [1.165, 1.54) is 0 Å². The fourth-order valence-electron chi connectivity index (χ4n) is 1.79. The van der Waals surface area contributed by atoms with Crippen LogP contribution >= 0.6 is 0 Å². The van der Waals surface area contributed by atoms with Crippen LogP contribution in [0, 0.1) is 0 Å². The Labute approximate surface area is 110 Å². The molecule has 0 saturated carbocycles. The zero-order valence-corrected chi connectivity index (χ0v) is 10.8. The molecule has 1 N–H and O–H groups in total. The maximum Gasteiger partial charge on any atom is 0.224 e. The molecular formula is C13H14N6. The average molecular weight is 254 g/mol. The van der Waals surface area contributed by atoms with E-state index < -0.39 is 0 Å². The molecule has 0 aliphatic carbocycles. The molecule has 0 atom stereocenters. The summed E-state index contributed by atoms with van der Waals surface area (Å²) >= 11 is 0. The van der Waals surface area contributed by atoms with Crippen LogP contribution in [-0.2, 0) is 7.05 Å². The number of nitrogens with one attached hydrogen (secondary N) is 1. The number of benzene rings is 1. The second-order valence-corrected chi connectivity index (χ2v) is 4.24. The predicted molar refractivity (Wildman–Crippen MR) is 75.3 cm³/mol. The molecule has 2 aromatic heterocycles. The van der Waals surface area contributed by atoms with Crippen molar-refractivity contribution in [1.29, 1.82) is 0 Å². The van der Waals surface area contributed by atoms with Gasteiger partial charge in [-0.25, -0.2) is 15.0 Å². The minimum absolute atomic E-state index is 0.701. The molecule has 0 saturated heterocycles. The average Bonchev–Trinajstić information content (AvgIpc) is 3.01. The van der Waals surface area contributed by atoms with E-state index in [1.807, 2.05) is 49.1 Å². The van der Waals surface area contributed by atoms with Gasteiger partial charge in [-0.1, -0.05) is 12.1 Å². The van der Waals surface area contributed by atoms with Crippen LogP contribution in [0.3, 0.4) is 0 Å². The van der Waals surface area contributed by atoms with E-state index in [9.17, 15) is 0 Å². The van der Waals surface area contributed by atoms with Gasteiger partial charge in [0.15, 0.2) is 5.82 Å². The molecule has 0 radical (unpaired) electrons. The Kier molecular flexibility index (Phi) is 2.75. The Bertz CT molecular complexity index is 690. The fraction of sp³-hybridized carbons (Fsp3) is 0.154. The van der Waals surface area contributed by atoms with Gasteiger partial charge in [0, 0.05) is 26.5 Å². The summed E-state index contributed by atoms with van der Waals surface area (Å²) in [6.45, 7) is 0. The number of imidazole rings is 2. The van der Waals surface area contributed by atoms with Gasteiger partial charge in [0.05, 0.1) is 17.2 Å². The highest BCUT2D eigenvalue weighted by Gasteiger charge is 2.05. The Morgan fingerprint density at radius 3 is 2.95 bits per heavy atom. The lowest BCUT2D eigenvalue weighted by Crippen LogP contribution is -2.11. The van der Waals surface area contributed by atoms with E-state index in [2.05, 4.69) is 20.1 Å². The van der Waals surface area contributed by atoms with E-state index in [0.29, 0.717) is 5.95 Å². The molecule has 0 aliphatic rings. The van der Waals surface area contributed by atoms with Gasteiger partial charge < -0.3 is 9.55 Å². The molecule has 3 aromatic rings. The van der Waals surface area contributed by atoms with Crippen molar-refractivity contribution in [3.63, 3.8) is 0 Å². The number of hydrogen-bond donors (Lipinski definition) is 1. The van der Waals surface area contributed by atoms with Crippen LogP contribution in [0.2, 0.25) is 0 Å². The molecule has 6 heteroatoms. The molecule has 0 fully saturated rings. The molecule has 1 aromatic carbocycles. The summed E-state index contributed by atoms with van der Waals surface area (Å²) in [5.74, 6) is 1.50. The van der Waals surface area contributed by atoms with Gasteiger partial charge in [-0.2, -0.15) is 5.10 Å². The SMILES string of the molecule is CN(/N=C/c1nccn1C)c1nc2ccccc2[nH]1. The van der Waals surface area contributed by atoms with Crippen LogP contribution in [0.25, 0.3) is 11.0 Å². The van der Waals surface area contributed by atoms with Crippen molar-refractivity contribution in [1.82, 2.24) is 19.5 Å². The summed E-state index contributed by atoms with van der Waals surface area (Å²) in [5.41, 5.74) is 1.92. The van der Waals surface area contributed by atoms with Crippen molar-refractivity contribution in [3.8, 4) is 0 Å². The molecule has 0 unspecified atom stereocenters. The Morgan fingerprint density at radius 2 is 2.21 bits per heavy atom. The summed E-state index contributed by atoms with van der Waals surface area (Å²) < 4.78 is 1.90. The summed E-state index contributed by atoms with van der Waals surface area (Å²) in [7, 11) is 3.77. The van der Waals surface area contributed by atoms with Crippen molar-refractivity contribution >= 4 is 23.2 Å². The first-order valence-corrected chi connectivity index (χ1v) is 5.94. The van der Waals surface area contributed by atoms with Gasteiger partial charge in [0.25, 0.3) is 0 Å². The molecule has 19 heavy (non-hydrogen) atoms. The molecule has 0 spiro atoms. The van der Waals surface area contributed by atoms with Crippen LogP contribution in [0.15, 0.2) is 41.8 Å². The highest BCUT2D eigenvalue weighted by molar-refractivity contribution is 5.78. The Balaban J connectivity index is 1.85. The maximum absolute atomic E-state index is 4.46. The number of hydrazone groups is 1. The molecule has 96 valence electrons. The molecule has 0 bridgehead atoms. The van der Waals surface area contributed by atoms with Crippen molar-refractivity contribution in [2.45, 2.75) is 0 Å². The molecule has 0 amide bonds. The number of aromatic amines is 1. The van der Waals surface area contributed by atoms with Gasteiger partial charge in [0.1, 0.15) is 0 Å². The topological polar surface area (TPSA) is 62.1 Å². The number of anilines is 1. The quantitative estimate of drug-likeness (QED) is 0.572. The van der Waals surface area contributed by atoms with E-state index in [4.69, 9.17) is 0 Å². The number of nitrogens with zero attached hydrogens (tertiary/aromatic N) is 5. The first kappa shape index (κ1) is 11.5. The number of aryl methyl sites for hydroxylation is 1. The highest BCUT2D eigenvalue weighted by atomic mass is 15.5. The first-order valence-electron chi connectivity index (χ1n) is 5.94. The third-order valence-corrected chi connectivity index (χ3v) is 2.89. The van der Waals surface area contributed by atoms with Crippen LogP contribution in [-0.4, -0.2) is 32.8 Å². The Morgan fingerprint density at radius 1 is 1.37 bits per heavy atom. The zero-order valence-electron chi connectivity index (χ0n) is 10.8. The lowest BCUT2D eigenvalue weighted by Gasteiger charge is -2.07. The minimum Gasteiger partial charge on any atom is -0.333 e. The standard InChI is InChI=1S/C13H14N6/c1-18-8-7-14-12(18)9-15-19(2)13-16-10-5-3-4-6-11(10)17-13/h3-9H,1-2H3,(H,16,17)/b15-9+. The monoisotopic (exact) mass is 254 g/mol. The molecule has 3 rings (SSSR count). The zero-order chi connectivity index (χ0) is 13.2. The normalized spacial score (nSPS) is 11.5. The van der Waals surface area contributed by atoms with Crippen LogP contribution in [0.5, 0.6) is 0 Å². The molecule has 0 aliphatic heterocycles. The third-order valence-electron chi connectivity index (χ3n) is 2.89. The van der Waals surface area contributed by atoms with Gasteiger partial charge in [0.2, 0.25) is 5.95 Å². The second kappa shape index (κ2) is 4.56. The summed E-state index contributed by atoms with van der Waals surface area (Å²) in [6, 6.07) is 7.89. The number of H-pyrrole nitrogens is 1. The van der Waals surface area contributed by atoms with Crippen LogP contribution < -0.4 is 5.01 Å². The predicted octanol–water partition coefficient (Wildman–Crippen LogP) is 1.77. The van der Waals surface area contributed by atoms with Crippen molar-refractivity contribution in [3.05, 3.63) is 42.5 Å². The number of rotatable bonds is 3. The number of para-hydroxylation sites is 2. The highest BCUT2D eigenvalue weighted by Crippen LogP contribution is 2.15. The number of hydrogen-bond acceptors (Lipinski definition) is 4. The summed E-state index contributed by atoms with van der Waals surface area (Å²) in [4.78, 5) is 11.9. The van der Waals surface area contributed by atoms with Gasteiger partial charge in [-0.15, -0.1) is 0 Å². The van der Waals surface area contributed by atoms with Crippen LogP contribution in [0.4, 0.5) is 5.95 Å². The van der Waals surface area contributed by atoms with E-state index in [-0.39, 0.29) is 0 Å². The van der Waals surface area contributed by atoms with Gasteiger partial charge in [-0.05, 0) is 12.1 Å². The van der Waals surface area contributed by atoms with Crippen molar-refractivity contribution in [2.75, 3.05) is 12.1 Å². The lowest BCUT2D eigenvalue weighted by atomic mass is 10.3. The largest absolute Gasteiger partial charge is 0.333 e. The van der Waals surface area contributed by atoms with Crippen LogP contribution in [0.1, 0.15) is 5.82 Å². The summed E-state index contributed by atoms with van der Waals surface area (Å²) in [5, 5.41) is 6.01. The van der Waals surface area contributed by atoms with Crippen molar-refractivity contribution < 1.29 is 0 Å². The van der Waals surface area contributed by atoms with Gasteiger partial charge in [-0.3, -0.25) is 0 Å². The minimum atomic E-state index is 0.701. The first-order chi connectivity index (χ1) is 9.24. The van der Waals surface area contributed by atoms with E-state index >= 15 is 0 Å². The van der Waals surface area contributed by atoms with E-state index in [0.717, 1.165) is 16.9 Å². The van der Waals surface area contributed by atoms with E-state index in [1.54, 1.807) is 17.4 Å². The third kappa shape index (κ3) is 2.20. The Hall–Kier alpha value is -2.63. The second-order valence-electron chi connectivity index (χ2n) is 4.24. The molecule has 2 heterocycles. The molecule has 6 nitrogen and oxygen atoms in total. The summed E-state index contributed by atoms with van der Waals surface area (Å²) in [6.07, 6.45) is 5.32. The molecular weight excluding hydrogens is 240 g/mol. The van der Waals surface area contributed by atoms with Gasteiger partial charge >= 0.3 is 0 Å². The maximum atomic E-state index is 4.46. The fourth-order valence-corrected chi connectivity index (χ4v) is 1.79. The van der Waals surface area contributed by atoms with Crippen molar-refractivity contribution in [2.24, 2.45) is 12.1 Å². The smallest absolute Gasteiger partial charge is 0.224 e. The number of fused-ring (bicyclic) bond motifs is 1. The lowest BCUT2D eigenvalue weighted by molar-refractivity contribution is 0.894. The number of aromatic nitrogens is 4.